The van der Waals surface area contributed by atoms with Gasteiger partial charge < -0.3 is 16.0 Å². The molecule has 1 saturated carbocycles. The maximum atomic E-state index is 12.1. The minimum absolute atomic E-state index is 0.107. The fourth-order valence-corrected chi connectivity index (χ4v) is 2.99. The molecule has 4 heteroatoms. The van der Waals surface area contributed by atoms with Gasteiger partial charge in [0.15, 0.2) is 0 Å². The van der Waals surface area contributed by atoms with E-state index in [1.807, 2.05) is 30.5 Å². The first-order valence-electron chi connectivity index (χ1n) is 7.32. The number of amides is 1. The van der Waals surface area contributed by atoms with Gasteiger partial charge in [-0.2, -0.15) is 0 Å². The van der Waals surface area contributed by atoms with E-state index >= 15 is 0 Å². The maximum Gasteiger partial charge on any atom is 0.224 e. The van der Waals surface area contributed by atoms with Crippen LogP contribution in [0.25, 0.3) is 10.9 Å². The number of aromatic amines is 1. The highest BCUT2D eigenvalue weighted by Gasteiger charge is 2.20. The van der Waals surface area contributed by atoms with Crippen molar-refractivity contribution >= 4 is 16.8 Å². The number of hydrogen-bond acceptors (Lipinski definition) is 2. The SMILES string of the molecule is NC1CCC(NC(=O)Cc2c[nH]c3ccccc23)CC1. The quantitative estimate of drug-likeness (QED) is 0.800. The van der Waals surface area contributed by atoms with E-state index in [4.69, 9.17) is 5.73 Å². The highest BCUT2D eigenvalue weighted by molar-refractivity contribution is 5.88. The number of nitrogens with two attached hydrogens (primary N) is 1. The molecule has 0 aliphatic heterocycles. The third kappa shape index (κ3) is 2.85. The Balaban J connectivity index is 1.61. The second kappa shape index (κ2) is 5.67. The lowest BCUT2D eigenvalue weighted by Gasteiger charge is -2.26. The Morgan fingerprint density at radius 3 is 2.80 bits per heavy atom. The number of benzene rings is 1. The van der Waals surface area contributed by atoms with Crippen LogP contribution in [0.4, 0.5) is 0 Å². The highest BCUT2D eigenvalue weighted by atomic mass is 16.1. The molecule has 0 unspecified atom stereocenters. The molecule has 4 N–H and O–H groups in total. The summed E-state index contributed by atoms with van der Waals surface area (Å²) in [5.41, 5.74) is 8.03. The van der Waals surface area contributed by atoms with Crippen LogP contribution in [0, 0.1) is 0 Å². The predicted octanol–water partition coefficient (Wildman–Crippen LogP) is 2.10. The summed E-state index contributed by atoms with van der Waals surface area (Å²) in [5, 5.41) is 4.27. The largest absolute Gasteiger partial charge is 0.361 e. The maximum absolute atomic E-state index is 12.1. The fourth-order valence-electron chi connectivity index (χ4n) is 2.99. The molecule has 1 heterocycles. The molecule has 1 amide bonds. The van der Waals surface area contributed by atoms with E-state index < -0.39 is 0 Å². The van der Waals surface area contributed by atoms with Crippen LogP contribution in [0.5, 0.6) is 0 Å². The first-order chi connectivity index (χ1) is 9.72. The zero-order valence-corrected chi connectivity index (χ0v) is 11.6. The molecule has 20 heavy (non-hydrogen) atoms. The summed E-state index contributed by atoms with van der Waals surface area (Å²) in [6.07, 6.45) is 6.39. The van der Waals surface area contributed by atoms with Gasteiger partial charge in [0.2, 0.25) is 5.91 Å². The number of aromatic nitrogens is 1. The van der Waals surface area contributed by atoms with Crippen molar-refractivity contribution in [3.63, 3.8) is 0 Å². The average Bonchev–Trinajstić information content (AvgIpc) is 2.85. The minimum Gasteiger partial charge on any atom is -0.361 e. The molecule has 4 nitrogen and oxygen atoms in total. The van der Waals surface area contributed by atoms with Gasteiger partial charge in [0, 0.05) is 29.2 Å². The summed E-state index contributed by atoms with van der Waals surface area (Å²) in [6.45, 7) is 0. The van der Waals surface area contributed by atoms with E-state index in [1.54, 1.807) is 0 Å². The second-order valence-electron chi connectivity index (χ2n) is 5.72. The lowest BCUT2D eigenvalue weighted by molar-refractivity contribution is -0.121. The summed E-state index contributed by atoms with van der Waals surface area (Å²) >= 11 is 0. The van der Waals surface area contributed by atoms with Gasteiger partial charge in [-0.05, 0) is 37.3 Å². The van der Waals surface area contributed by atoms with Crippen LogP contribution in [-0.2, 0) is 11.2 Å². The Bertz CT molecular complexity index is 597. The summed E-state index contributed by atoms with van der Waals surface area (Å²) < 4.78 is 0. The van der Waals surface area contributed by atoms with E-state index in [9.17, 15) is 4.79 Å². The Morgan fingerprint density at radius 2 is 2.00 bits per heavy atom. The van der Waals surface area contributed by atoms with Gasteiger partial charge in [-0.1, -0.05) is 18.2 Å². The van der Waals surface area contributed by atoms with Crippen LogP contribution < -0.4 is 11.1 Å². The molecule has 0 saturated heterocycles. The molecule has 0 bridgehead atoms. The molecule has 1 aliphatic carbocycles. The van der Waals surface area contributed by atoms with Gasteiger partial charge in [0.1, 0.15) is 0 Å². The Labute approximate surface area is 118 Å². The van der Waals surface area contributed by atoms with Crippen LogP contribution >= 0.6 is 0 Å². The van der Waals surface area contributed by atoms with Crippen molar-refractivity contribution in [1.82, 2.24) is 10.3 Å². The molecule has 1 aliphatic rings. The molecule has 0 spiro atoms. The van der Waals surface area contributed by atoms with Gasteiger partial charge in [-0.3, -0.25) is 4.79 Å². The topological polar surface area (TPSA) is 70.9 Å². The van der Waals surface area contributed by atoms with Crippen molar-refractivity contribution < 1.29 is 4.79 Å². The van der Waals surface area contributed by atoms with Crippen LogP contribution in [-0.4, -0.2) is 23.0 Å². The monoisotopic (exact) mass is 271 g/mol. The molecular weight excluding hydrogens is 250 g/mol. The van der Waals surface area contributed by atoms with Gasteiger partial charge in [0.05, 0.1) is 6.42 Å². The van der Waals surface area contributed by atoms with E-state index in [1.165, 1.54) is 0 Å². The molecule has 0 radical (unpaired) electrons. The number of rotatable bonds is 3. The van der Waals surface area contributed by atoms with Crippen molar-refractivity contribution in [2.24, 2.45) is 5.73 Å². The summed E-state index contributed by atoms with van der Waals surface area (Å²) in [6, 6.07) is 8.69. The normalized spacial score (nSPS) is 22.9. The number of carbonyl (C=O) groups excluding carboxylic acids is 1. The molecule has 3 rings (SSSR count). The number of fused-ring (bicyclic) bond motifs is 1. The van der Waals surface area contributed by atoms with Crippen molar-refractivity contribution in [3.8, 4) is 0 Å². The van der Waals surface area contributed by atoms with E-state index in [2.05, 4.69) is 10.3 Å². The number of carbonyl (C=O) groups is 1. The average molecular weight is 271 g/mol. The molecule has 106 valence electrons. The highest BCUT2D eigenvalue weighted by Crippen LogP contribution is 2.19. The molecular formula is C16H21N3O. The lowest BCUT2D eigenvalue weighted by Crippen LogP contribution is -2.41. The standard InChI is InChI=1S/C16H21N3O/c17-12-5-7-13(8-6-12)19-16(20)9-11-10-18-15-4-2-1-3-14(11)15/h1-4,10,12-13,18H,5-9,17H2,(H,19,20). The zero-order valence-electron chi connectivity index (χ0n) is 11.6. The van der Waals surface area contributed by atoms with E-state index in [0.29, 0.717) is 18.5 Å². The molecule has 1 fully saturated rings. The van der Waals surface area contributed by atoms with Gasteiger partial charge in [-0.15, -0.1) is 0 Å². The van der Waals surface area contributed by atoms with Crippen molar-refractivity contribution in [2.45, 2.75) is 44.2 Å². The summed E-state index contributed by atoms with van der Waals surface area (Å²) in [5.74, 6) is 0.107. The number of nitrogens with one attached hydrogen (secondary N) is 2. The number of hydrogen-bond donors (Lipinski definition) is 3. The van der Waals surface area contributed by atoms with Gasteiger partial charge in [-0.25, -0.2) is 0 Å². The smallest absolute Gasteiger partial charge is 0.224 e. The summed E-state index contributed by atoms with van der Waals surface area (Å²) in [4.78, 5) is 15.4. The summed E-state index contributed by atoms with van der Waals surface area (Å²) in [7, 11) is 0. The van der Waals surface area contributed by atoms with Crippen LogP contribution in [0.1, 0.15) is 31.2 Å². The zero-order chi connectivity index (χ0) is 13.9. The fraction of sp³-hybridized carbons (Fsp3) is 0.438. The van der Waals surface area contributed by atoms with Crippen LogP contribution in [0.3, 0.4) is 0 Å². The Kier molecular flexibility index (Phi) is 3.74. The third-order valence-corrected chi connectivity index (χ3v) is 4.16. The van der Waals surface area contributed by atoms with E-state index in [-0.39, 0.29) is 5.91 Å². The van der Waals surface area contributed by atoms with Crippen molar-refractivity contribution in [1.29, 1.82) is 0 Å². The second-order valence-corrected chi connectivity index (χ2v) is 5.72. The number of H-pyrrole nitrogens is 1. The Hall–Kier alpha value is -1.81. The van der Waals surface area contributed by atoms with Crippen LogP contribution in [0.2, 0.25) is 0 Å². The van der Waals surface area contributed by atoms with Gasteiger partial charge >= 0.3 is 0 Å². The molecule has 1 aromatic carbocycles. The first-order valence-corrected chi connectivity index (χ1v) is 7.32. The van der Waals surface area contributed by atoms with Crippen LogP contribution in [0.15, 0.2) is 30.5 Å². The minimum atomic E-state index is 0.107. The molecule has 0 atom stereocenters. The van der Waals surface area contributed by atoms with E-state index in [0.717, 1.165) is 42.1 Å². The van der Waals surface area contributed by atoms with Gasteiger partial charge in [0.25, 0.3) is 0 Å². The Morgan fingerprint density at radius 1 is 1.25 bits per heavy atom. The number of para-hydroxylation sites is 1. The molecule has 2 aromatic rings. The first kappa shape index (κ1) is 13.2. The molecule has 1 aromatic heterocycles. The third-order valence-electron chi connectivity index (χ3n) is 4.16. The van der Waals surface area contributed by atoms with Crippen molar-refractivity contribution in [3.05, 3.63) is 36.0 Å². The lowest BCUT2D eigenvalue weighted by atomic mass is 9.91. The predicted molar refractivity (Wildman–Crippen MR) is 80.4 cm³/mol. The van der Waals surface area contributed by atoms with Crippen molar-refractivity contribution in [2.75, 3.05) is 0 Å².